The van der Waals surface area contributed by atoms with Crippen LogP contribution in [0.3, 0.4) is 0 Å². The fraction of sp³-hybridized carbons (Fsp3) is 0.885. The van der Waals surface area contributed by atoms with Crippen LogP contribution in [0.15, 0.2) is 0 Å². The first-order chi connectivity index (χ1) is 12.5. The summed E-state index contributed by atoms with van der Waals surface area (Å²) in [4.78, 5) is 13.1. The molecule has 0 rings (SSSR count). The van der Waals surface area contributed by atoms with Gasteiger partial charge in [-0.15, -0.1) is 0 Å². The van der Waals surface area contributed by atoms with Crippen LogP contribution in [0.25, 0.3) is 0 Å². The van der Waals surface area contributed by atoms with Crippen molar-refractivity contribution in [1.82, 2.24) is 0 Å². The molecule has 0 radical (unpaired) electrons. The fourth-order valence-electron chi connectivity index (χ4n) is 3.52. The number of carbonyl (C=O) groups is 1. The number of hydrogen-bond donors (Lipinski definition) is 0. The number of Topliss-reactive ketones (excluding diaryl/α,β-unsaturated/α-hetero) is 1. The lowest BCUT2D eigenvalue weighted by Crippen LogP contribution is -2.49. The van der Waals surface area contributed by atoms with E-state index in [-0.39, 0.29) is 27.6 Å². The Labute approximate surface area is 181 Å². The predicted octanol–water partition coefficient (Wildman–Crippen LogP) is 6.68. The summed E-state index contributed by atoms with van der Waals surface area (Å²) >= 11 is 0. The highest BCUT2D eigenvalue weighted by atomic mass is 16.6. The summed E-state index contributed by atoms with van der Waals surface area (Å²) in [5.74, 6) is 6.57. The van der Waals surface area contributed by atoms with Gasteiger partial charge >= 0.3 is 0 Å². The number of ketones is 1. The van der Waals surface area contributed by atoms with Gasteiger partial charge in [-0.05, 0) is 60.3 Å². The standard InChI is InChI=1S/C26H48O3/c1-21(2,3)16-15-17-28-25(11,12)19-29-24(9,10)18-23(7,8)26(13,14)20(27)22(4,5)6/h17-19H2,1-14H3. The first-order valence-electron chi connectivity index (χ1n) is 10.9. The minimum absolute atomic E-state index is 0.0190. The van der Waals surface area contributed by atoms with Crippen LogP contribution in [0.5, 0.6) is 0 Å². The smallest absolute Gasteiger partial charge is 0.144 e. The highest BCUT2D eigenvalue weighted by Gasteiger charge is 2.48. The molecule has 0 bridgehead atoms. The summed E-state index contributed by atoms with van der Waals surface area (Å²) in [6.07, 6.45) is 0.773. The van der Waals surface area contributed by atoms with Gasteiger partial charge in [-0.2, -0.15) is 0 Å². The Kier molecular flexibility index (Phi) is 8.84. The second kappa shape index (κ2) is 9.11. The van der Waals surface area contributed by atoms with E-state index >= 15 is 0 Å². The molecule has 0 aromatic heterocycles. The van der Waals surface area contributed by atoms with Crippen LogP contribution < -0.4 is 0 Å². The van der Waals surface area contributed by atoms with E-state index in [4.69, 9.17) is 9.47 Å². The zero-order chi connectivity index (χ0) is 23.5. The van der Waals surface area contributed by atoms with Gasteiger partial charge in [0.1, 0.15) is 12.4 Å². The molecule has 0 saturated heterocycles. The number of ether oxygens (including phenoxy) is 2. The predicted molar refractivity (Wildman–Crippen MR) is 124 cm³/mol. The second-order valence-corrected chi connectivity index (χ2v) is 12.9. The largest absolute Gasteiger partial charge is 0.373 e. The minimum atomic E-state index is -0.458. The van der Waals surface area contributed by atoms with Crippen LogP contribution in [0.2, 0.25) is 0 Å². The zero-order valence-corrected chi connectivity index (χ0v) is 21.8. The second-order valence-electron chi connectivity index (χ2n) is 12.9. The average Bonchev–Trinajstić information content (AvgIpc) is 2.46. The third kappa shape index (κ3) is 9.67. The van der Waals surface area contributed by atoms with Crippen molar-refractivity contribution in [2.45, 2.75) is 115 Å². The van der Waals surface area contributed by atoms with Gasteiger partial charge in [-0.25, -0.2) is 0 Å². The van der Waals surface area contributed by atoms with Crippen molar-refractivity contribution >= 4 is 5.78 Å². The molecule has 0 saturated carbocycles. The van der Waals surface area contributed by atoms with E-state index in [0.29, 0.717) is 13.2 Å². The zero-order valence-electron chi connectivity index (χ0n) is 21.8. The Morgan fingerprint density at radius 2 is 1.21 bits per heavy atom. The topological polar surface area (TPSA) is 35.5 Å². The van der Waals surface area contributed by atoms with Crippen molar-refractivity contribution in [3.63, 3.8) is 0 Å². The van der Waals surface area contributed by atoms with Gasteiger partial charge in [0.15, 0.2) is 0 Å². The van der Waals surface area contributed by atoms with Crippen LogP contribution in [-0.2, 0) is 14.3 Å². The molecule has 170 valence electrons. The minimum Gasteiger partial charge on any atom is -0.373 e. The summed E-state index contributed by atoms with van der Waals surface area (Å²) in [5, 5.41) is 0. The van der Waals surface area contributed by atoms with Crippen molar-refractivity contribution in [2.24, 2.45) is 21.7 Å². The van der Waals surface area contributed by atoms with E-state index in [1.165, 1.54) is 0 Å². The first kappa shape index (κ1) is 28.1. The van der Waals surface area contributed by atoms with Crippen molar-refractivity contribution in [1.29, 1.82) is 0 Å². The molecule has 0 aliphatic rings. The Morgan fingerprint density at radius 1 is 0.724 bits per heavy atom. The molecule has 0 aromatic rings. The van der Waals surface area contributed by atoms with E-state index < -0.39 is 11.0 Å². The molecule has 0 atom stereocenters. The van der Waals surface area contributed by atoms with Crippen molar-refractivity contribution in [2.75, 3.05) is 13.2 Å². The third-order valence-electron chi connectivity index (χ3n) is 5.62. The Bertz CT molecular complexity index is 611. The van der Waals surface area contributed by atoms with Crippen LogP contribution in [-0.4, -0.2) is 30.2 Å². The van der Waals surface area contributed by atoms with Gasteiger partial charge in [0, 0.05) is 16.2 Å². The molecule has 0 aromatic carbocycles. The molecule has 0 amide bonds. The lowest BCUT2D eigenvalue weighted by Gasteiger charge is -2.47. The average molecular weight is 409 g/mol. The monoisotopic (exact) mass is 408 g/mol. The molecule has 3 heteroatoms. The van der Waals surface area contributed by atoms with Gasteiger partial charge in [-0.1, -0.05) is 60.3 Å². The normalized spacial score (nSPS) is 14.4. The fourth-order valence-corrected chi connectivity index (χ4v) is 3.52. The lowest BCUT2D eigenvalue weighted by molar-refractivity contribution is -0.151. The summed E-state index contributed by atoms with van der Waals surface area (Å²) in [7, 11) is 0. The van der Waals surface area contributed by atoms with Crippen LogP contribution in [0, 0.1) is 33.5 Å². The van der Waals surface area contributed by atoms with E-state index in [1.807, 2.05) is 34.6 Å². The molecule has 3 nitrogen and oxygen atoms in total. The maximum Gasteiger partial charge on any atom is 0.144 e. The van der Waals surface area contributed by atoms with E-state index in [1.54, 1.807) is 0 Å². The molecule has 0 aliphatic heterocycles. The molecular weight excluding hydrogens is 360 g/mol. The maximum atomic E-state index is 13.1. The van der Waals surface area contributed by atoms with E-state index in [0.717, 1.165) is 6.42 Å². The number of hydrogen-bond acceptors (Lipinski definition) is 3. The highest BCUT2D eigenvalue weighted by Crippen LogP contribution is 2.48. The highest BCUT2D eigenvalue weighted by molar-refractivity contribution is 5.89. The maximum absolute atomic E-state index is 13.1. The summed E-state index contributed by atoms with van der Waals surface area (Å²) in [6, 6.07) is 0. The summed E-state index contributed by atoms with van der Waals surface area (Å²) < 4.78 is 12.3. The number of carbonyl (C=O) groups excluding carboxylic acids is 1. The Morgan fingerprint density at radius 3 is 1.62 bits per heavy atom. The van der Waals surface area contributed by atoms with E-state index in [2.05, 4.69) is 74.2 Å². The summed E-state index contributed by atoms with van der Waals surface area (Å²) in [5.41, 5.74) is -1.86. The molecule has 0 aliphatic carbocycles. The quantitative estimate of drug-likeness (QED) is 0.399. The molecular formula is C26H48O3. The molecule has 0 spiro atoms. The molecule has 0 heterocycles. The lowest BCUT2D eigenvalue weighted by atomic mass is 9.58. The molecule has 0 N–H and O–H groups in total. The van der Waals surface area contributed by atoms with Gasteiger partial charge < -0.3 is 9.47 Å². The van der Waals surface area contributed by atoms with Gasteiger partial charge in [-0.3, -0.25) is 4.79 Å². The third-order valence-corrected chi connectivity index (χ3v) is 5.62. The van der Waals surface area contributed by atoms with Crippen LogP contribution in [0.4, 0.5) is 0 Å². The molecule has 29 heavy (non-hydrogen) atoms. The first-order valence-corrected chi connectivity index (χ1v) is 10.9. The van der Waals surface area contributed by atoms with Crippen molar-refractivity contribution in [3.05, 3.63) is 0 Å². The summed E-state index contributed by atoms with van der Waals surface area (Å²) in [6.45, 7) is 29.9. The Balaban J connectivity index is 5.05. The van der Waals surface area contributed by atoms with Crippen molar-refractivity contribution < 1.29 is 14.3 Å². The van der Waals surface area contributed by atoms with Gasteiger partial charge in [0.25, 0.3) is 0 Å². The van der Waals surface area contributed by atoms with Crippen LogP contribution in [0.1, 0.15) is 103 Å². The Hall–Kier alpha value is -0.850. The number of rotatable bonds is 9. The van der Waals surface area contributed by atoms with Crippen molar-refractivity contribution in [3.8, 4) is 11.8 Å². The van der Waals surface area contributed by atoms with Crippen LogP contribution >= 0.6 is 0 Å². The van der Waals surface area contributed by atoms with Gasteiger partial charge in [0.2, 0.25) is 0 Å². The van der Waals surface area contributed by atoms with E-state index in [9.17, 15) is 4.79 Å². The van der Waals surface area contributed by atoms with Gasteiger partial charge in [0.05, 0.1) is 17.8 Å². The molecule has 0 fully saturated rings. The molecule has 0 unspecified atom stereocenters. The SMILES string of the molecule is CC(C)(C)C#CCOC(C)(C)COC(C)(C)CC(C)(C)C(C)(C)C(=O)C(C)(C)C.